The van der Waals surface area contributed by atoms with E-state index in [4.69, 9.17) is 5.11 Å². The van der Waals surface area contributed by atoms with E-state index in [1.54, 1.807) is 0 Å². The van der Waals surface area contributed by atoms with Crippen LogP contribution in [0, 0.1) is 11.3 Å². The maximum Gasteiger partial charge on any atom is 0.309 e. The molecule has 14 heavy (non-hydrogen) atoms. The number of carbonyl (C=O) groups is 1. The molecule has 0 saturated carbocycles. The normalized spacial score (nSPS) is 26.4. The fourth-order valence-electron chi connectivity index (χ4n) is 1.98. The molecular formula is C11H20O2S. The highest BCUT2D eigenvalue weighted by molar-refractivity contribution is 8.00. The fourth-order valence-corrected chi connectivity index (χ4v) is 3.35. The van der Waals surface area contributed by atoms with Gasteiger partial charge >= 0.3 is 5.97 Å². The standard InChI is InChI=1S/C11H20O2S/c1-10(2,9(12)13)7-8-5-6-14-11(8,3)4/h8H,5-7H2,1-4H3,(H,12,13). The third kappa shape index (κ3) is 2.44. The molecule has 3 heteroatoms. The van der Waals surface area contributed by atoms with Crippen LogP contribution in [0.25, 0.3) is 0 Å². The number of hydrogen-bond donors (Lipinski definition) is 1. The van der Waals surface area contributed by atoms with E-state index in [1.165, 1.54) is 5.75 Å². The van der Waals surface area contributed by atoms with Gasteiger partial charge in [0.25, 0.3) is 0 Å². The first kappa shape index (κ1) is 11.9. The van der Waals surface area contributed by atoms with Gasteiger partial charge in [0.15, 0.2) is 0 Å². The predicted octanol–water partition coefficient (Wildman–Crippen LogP) is 3.02. The molecule has 0 spiro atoms. The van der Waals surface area contributed by atoms with Crippen molar-refractivity contribution in [3.8, 4) is 0 Å². The molecule has 0 aromatic heterocycles. The van der Waals surface area contributed by atoms with Gasteiger partial charge < -0.3 is 5.11 Å². The average molecular weight is 216 g/mol. The second kappa shape index (κ2) is 3.76. The number of carboxylic acids is 1. The number of thioether (sulfide) groups is 1. The zero-order chi connectivity index (χ0) is 11.0. The molecule has 0 radical (unpaired) electrons. The van der Waals surface area contributed by atoms with E-state index in [9.17, 15) is 4.79 Å². The number of aliphatic carboxylic acids is 1. The molecule has 82 valence electrons. The molecule has 2 nitrogen and oxygen atoms in total. The average Bonchev–Trinajstić information content (AvgIpc) is 2.30. The molecule has 1 aliphatic heterocycles. The Labute approximate surface area is 90.5 Å². The second-order valence-corrected chi connectivity index (χ2v) is 7.08. The summed E-state index contributed by atoms with van der Waals surface area (Å²) in [6, 6.07) is 0. The number of hydrogen-bond acceptors (Lipinski definition) is 2. The second-order valence-electron chi connectivity index (χ2n) is 5.33. The lowest BCUT2D eigenvalue weighted by Crippen LogP contribution is -2.32. The summed E-state index contributed by atoms with van der Waals surface area (Å²) in [6.07, 6.45) is 1.96. The third-order valence-corrected chi connectivity index (χ3v) is 4.78. The lowest BCUT2D eigenvalue weighted by Gasteiger charge is -2.31. The lowest BCUT2D eigenvalue weighted by atomic mass is 9.77. The Morgan fingerprint density at radius 2 is 2.14 bits per heavy atom. The third-order valence-electron chi connectivity index (χ3n) is 3.26. The van der Waals surface area contributed by atoms with E-state index in [0.717, 1.165) is 12.8 Å². The van der Waals surface area contributed by atoms with E-state index in [0.29, 0.717) is 5.92 Å². The molecular weight excluding hydrogens is 196 g/mol. The van der Waals surface area contributed by atoms with Crippen molar-refractivity contribution in [3.05, 3.63) is 0 Å². The molecule has 0 amide bonds. The summed E-state index contributed by atoms with van der Waals surface area (Å²) < 4.78 is 0.257. The van der Waals surface area contributed by atoms with Gasteiger partial charge in [-0.25, -0.2) is 0 Å². The highest BCUT2D eigenvalue weighted by Gasteiger charge is 2.40. The number of carboxylic acid groups (broad SMARTS) is 1. The van der Waals surface area contributed by atoms with Crippen LogP contribution in [0.1, 0.15) is 40.5 Å². The summed E-state index contributed by atoms with van der Waals surface area (Å²) in [5.41, 5.74) is -0.577. The molecule has 0 bridgehead atoms. The van der Waals surface area contributed by atoms with Crippen molar-refractivity contribution in [1.29, 1.82) is 0 Å². The Bertz CT molecular complexity index is 233. The van der Waals surface area contributed by atoms with E-state index in [-0.39, 0.29) is 4.75 Å². The topological polar surface area (TPSA) is 37.3 Å². The van der Waals surface area contributed by atoms with Gasteiger partial charge in [-0.15, -0.1) is 0 Å². The molecule has 1 saturated heterocycles. The van der Waals surface area contributed by atoms with Crippen molar-refractivity contribution in [1.82, 2.24) is 0 Å². The van der Waals surface area contributed by atoms with E-state index >= 15 is 0 Å². The van der Waals surface area contributed by atoms with Crippen LogP contribution in [0.3, 0.4) is 0 Å². The lowest BCUT2D eigenvalue weighted by molar-refractivity contribution is -0.148. The molecule has 1 heterocycles. The van der Waals surface area contributed by atoms with E-state index in [1.807, 2.05) is 25.6 Å². The van der Waals surface area contributed by atoms with Crippen molar-refractivity contribution in [2.75, 3.05) is 5.75 Å². The van der Waals surface area contributed by atoms with Crippen LogP contribution in [0.5, 0.6) is 0 Å². The van der Waals surface area contributed by atoms with Crippen LogP contribution in [-0.2, 0) is 4.79 Å². The van der Waals surface area contributed by atoms with Crippen molar-refractivity contribution >= 4 is 17.7 Å². The van der Waals surface area contributed by atoms with E-state index < -0.39 is 11.4 Å². The summed E-state index contributed by atoms with van der Waals surface area (Å²) in [6.45, 7) is 8.11. The monoisotopic (exact) mass is 216 g/mol. The Morgan fingerprint density at radius 3 is 2.50 bits per heavy atom. The van der Waals surface area contributed by atoms with Crippen LogP contribution in [0.4, 0.5) is 0 Å². The first-order valence-corrected chi connectivity index (χ1v) is 6.11. The van der Waals surface area contributed by atoms with Crippen molar-refractivity contribution in [2.45, 2.75) is 45.3 Å². The summed E-state index contributed by atoms with van der Waals surface area (Å²) in [4.78, 5) is 11.0. The highest BCUT2D eigenvalue weighted by Crippen LogP contribution is 2.47. The molecule has 0 aromatic carbocycles. The van der Waals surface area contributed by atoms with Gasteiger partial charge in [0.1, 0.15) is 0 Å². The molecule has 0 aliphatic carbocycles. The fraction of sp³-hybridized carbons (Fsp3) is 0.909. The van der Waals surface area contributed by atoms with Gasteiger partial charge in [-0.05, 0) is 38.4 Å². The summed E-state index contributed by atoms with van der Waals surface area (Å²) in [5, 5.41) is 9.06. The minimum absolute atomic E-state index is 0.257. The van der Waals surface area contributed by atoms with Gasteiger partial charge in [0.2, 0.25) is 0 Å². The Kier molecular flexibility index (Phi) is 3.20. The SMILES string of the molecule is CC(C)(CC1CCSC1(C)C)C(=O)O. The van der Waals surface area contributed by atoms with Crippen molar-refractivity contribution in [2.24, 2.45) is 11.3 Å². The maximum atomic E-state index is 11.0. The molecule has 1 atom stereocenters. The van der Waals surface area contributed by atoms with Crippen LogP contribution >= 0.6 is 11.8 Å². The van der Waals surface area contributed by atoms with Gasteiger partial charge in [-0.3, -0.25) is 4.79 Å². The van der Waals surface area contributed by atoms with Gasteiger partial charge in [-0.2, -0.15) is 11.8 Å². The molecule has 0 aromatic rings. The summed E-state index contributed by atoms with van der Waals surface area (Å²) >= 11 is 1.97. The minimum atomic E-state index is -0.676. The Hall–Kier alpha value is -0.180. The molecule has 1 N–H and O–H groups in total. The quantitative estimate of drug-likeness (QED) is 0.788. The van der Waals surface area contributed by atoms with Gasteiger partial charge in [0.05, 0.1) is 5.41 Å². The zero-order valence-corrected chi connectivity index (χ0v) is 10.3. The molecule has 1 aliphatic rings. The largest absolute Gasteiger partial charge is 0.481 e. The predicted molar refractivity (Wildman–Crippen MR) is 60.7 cm³/mol. The minimum Gasteiger partial charge on any atom is -0.481 e. The Balaban J connectivity index is 2.65. The van der Waals surface area contributed by atoms with Crippen LogP contribution < -0.4 is 0 Å². The van der Waals surface area contributed by atoms with Crippen molar-refractivity contribution in [3.63, 3.8) is 0 Å². The van der Waals surface area contributed by atoms with Crippen LogP contribution in [0.15, 0.2) is 0 Å². The van der Waals surface area contributed by atoms with Crippen LogP contribution in [-0.4, -0.2) is 21.6 Å². The van der Waals surface area contributed by atoms with Crippen LogP contribution in [0.2, 0.25) is 0 Å². The molecule has 1 rings (SSSR count). The van der Waals surface area contributed by atoms with E-state index in [2.05, 4.69) is 13.8 Å². The van der Waals surface area contributed by atoms with Crippen molar-refractivity contribution < 1.29 is 9.90 Å². The maximum absolute atomic E-state index is 11.0. The first-order chi connectivity index (χ1) is 6.26. The smallest absolute Gasteiger partial charge is 0.309 e. The highest BCUT2D eigenvalue weighted by atomic mass is 32.2. The van der Waals surface area contributed by atoms with Gasteiger partial charge in [-0.1, -0.05) is 13.8 Å². The zero-order valence-electron chi connectivity index (χ0n) is 9.46. The number of rotatable bonds is 3. The molecule has 1 unspecified atom stereocenters. The summed E-state index contributed by atoms with van der Waals surface area (Å²) in [5.74, 6) is 1.04. The Morgan fingerprint density at radius 1 is 1.57 bits per heavy atom. The molecule has 1 fully saturated rings. The summed E-state index contributed by atoms with van der Waals surface area (Å²) in [7, 11) is 0. The van der Waals surface area contributed by atoms with Gasteiger partial charge in [0, 0.05) is 4.75 Å². The first-order valence-electron chi connectivity index (χ1n) is 5.13.